The van der Waals surface area contributed by atoms with Gasteiger partial charge in [0.1, 0.15) is 5.78 Å². The number of ketones is 5. The van der Waals surface area contributed by atoms with Crippen LogP contribution in [0.4, 0.5) is 0 Å². The summed E-state index contributed by atoms with van der Waals surface area (Å²) in [6.07, 6.45) is 51.8. The minimum atomic E-state index is -0.378. The molecular weight excluding hydrogens is 1590 g/mol. The zero-order chi connectivity index (χ0) is 89.1. The summed E-state index contributed by atoms with van der Waals surface area (Å²) >= 11 is 0. The molecule has 0 aliphatic heterocycles. The van der Waals surface area contributed by atoms with Crippen LogP contribution in [0.5, 0.6) is 0 Å². The molecule has 6 nitrogen and oxygen atoms in total. The highest BCUT2D eigenvalue weighted by Gasteiger charge is 2.41. The second-order valence-corrected chi connectivity index (χ2v) is 37.1. The number of benzene rings is 13. The minimum absolute atomic E-state index is 0.358. The van der Waals surface area contributed by atoms with E-state index in [1.165, 1.54) is 293 Å². The van der Waals surface area contributed by atoms with Crippen LogP contribution in [0.3, 0.4) is 0 Å². The van der Waals surface area contributed by atoms with Crippen molar-refractivity contribution in [2.45, 2.75) is 244 Å². The lowest BCUT2D eigenvalue weighted by molar-refractivity contribution is -0.119. The molecule has 23 rings (SSSR count). The Labute approximate surface area is 770 Å². The Morgan fingerprint density at radius 3 is 0.831 bits per heavy atom. The fraction of sp³-hybridized carbons (Fsp3) is 0.315. The first-order chi connectivity index (χ1) is 64.2. The van der Waals surface area contributed by atoms with E-state index < -0.39 is 0 Å². The highest BCUT2D eigenvalue weighted by atomic mass is 16.2. The first kappa shape index (κ1) is 89.7. The number of terminal acetylenes is 1. The van der Waals surface area contributed by atoms with Gasteiger partial charge in [-0.1, -0.05) is 396 Å². The highest BCUT2D eigenvalue weighted by molar-refractivity contribution is 6.57. The van der Waals surface area contributed by atoms with Crippen LogP contribution in [0, 0.1) is 12.3 Å². The van der Waals surface area contributed by atoms with E-state index in [4.69, 9.17) is 11.5 Å². The third-order valence-corrected chi connectivity index (χ3v) is 28.7. The molecule has 0 saturated heterocycles. The summed E-state index contributed by atoms with van der Waals surface area (Å²) in [6.45, 7) is 0. The van der Waals surface area contributed by atoms with Crippen LogP contribution < -0.4 is 0 Å². The van der Waals surface area contributed by atoms with Gasteiger partial charge in [0.15, 0.2) is 11.6 Å². The molecule has 0 spiro atoms. The van der Waals surface area contributed by atoms with Crippen LogP contribution >= 0.6 is 0 Å². The number of aliphatic hydroxyl groups excluding tert-OH is 1. The van der Waals surface area contributed by atoms with Gasteiger partial charge in [-0.2, -0.15) is 0 Å². The van der Waals surface area contributed by atoms with E-state index in [-0.39, 0.29) is 11.6 Å². The second-order valence-electron chi connectivity index (χ2n) is 37.1. The van der Waals surface area contributed by atoms with Crippen molar-refractivity contribution in [1.82, 2.24) is 0 Å². The van der Waals surface area contributed by atoms with Crippen molar-refractivity contribution in [2.24, 2.45) is 0 Å². The van der Waals surface area contributed by atoms with Gasteiger partial charge in [0.2, 0.25) is 11.6 Å². The standard InChI is InChI=1S/C37H34.2C24H24O.C14H10.C12H6O2.C12H22O.CH4O/c1-2-4-7-15-30-25-34(28-23-21-27(22-24-28)26-13-8-6-9-14-26)31(18-10-5-3-1)37-33-20-12-17-29-16-11-19-32(35(29)33)36(30)37;2*25-24-19-12-6-4-2-1-3-5-7-13-20(24)23-18-15-9-11-16-10-8-14-17(21(16)18)22(19)23;1-2-12-8-10-14(11-9-12)13-6-4-3-5-7-13;13-11-8-5-1-3-7-4-2-6-9(10(7)8)12(11)14;13-12-10-8-6-4-2-1-3-5-7-9-11-12;1-2/h6,8-9,11-14,16-17,19-25H,1-5,7,10,15,18H2;2*8-11,14-15H,1-7,12-13H2;1,3-11H;1-6H;1-11H2;2H,1H3. The molecule has 656 valence electrons. The Kier molecular flexibility index (Phi) is 30.0. The molecule has 10 aliphatic carbocycles. The number of fused-ring (bicyclic) bond motifs is 10. The predicted molar refractivity (Wildman–Crippen MR) is 544 cm³/mol. The fourth-order valence-electron chi connectivity index (χ4n) is 22.2. The van der Waals surface area contributed by atoms with E-state index in [1.807, 2.05) is 54.6 Å². The van der Waals surface area contributed by atoms with Gasteiger partial charge < -0.3 is 5.11 Å². The number of allylic oxidation sites excluding steroid dienone is 8. The number of rotatable bonds is 3. The molecule has 10 aliphatic rings. The van der Waals surface area contributed by atoms with E-state index in [1.54, 1.807) is 35.4 Å². The molecule has 0 radical (unpaired) electrons. The van der Waals surface area contributed by atoms with Gasteiger partial charge in [-0.15, -0.1) is 6.42 Å². The van der Waals surface area contributed by atoms with Gasteiger partial charge >= 0.3 is 0 Å². The molecule has 0 amide bonds. The number of hydrogen-bond acceptors (Lipinski definition) is 6. The Balaban J connectivity index is 0.000000114. The van der Waals surface area contributed by atoms with Gasteiger partial charge in [0, 0.05) is 64.3 Å². The van der Waals surface area contributed by atoms with E-state index in [0.717, 1.165) is 129 Å². The monoisotopic (exact) mass is 1710 g/mol. The Hall–Kier alpha value is -12.3. The average Bonchev–Trinajstić information content (AvgIpc) is 1.56. The maximum absolute atomic E-state index is 13.3. The number of aryl methyl sites for hydroxylation is 1. The molecule has 0 aromatic heterocycles. The zero-order valence-electron chi connectivity index (χ0n) is 76.3. The highest BCUT2D eigenvalue weighted by Crippen LogP contribution is 2.58. The molecule has 3 saturated carbocycles. The first-order valence-corrected chi connectivity index (χ1v) is 49.3. The molecule has 0 atom stereocenters. The summed E-state index contributed by atoms with van der Waals surface area (Å²) in [7, 11) is 1.00. The van der Waals surface area contributed by atoms with Gasteiger partial charge in [-0.3, -0.25) is 24.0 Å². The molecule has 130 heavy (non-hydrogen) atoms. The lowest BCUT2D eigenvalue weighted by Crippen LogP contribution is -2.05. The first-order valence-electron chi connectivity index (χ1n) is 49.3. The fourth-order valence-corrected chi connectivity index (χ4v) is 22.2. The Bertz CT molecular complexity index is 6160. The quantitative estimate of drug-likeness (QED) is 0.140. The normalized spacial score (nSPS) is 17.2. The van der Waals surface area contributed by atoms with Gasteiger partial charge in [0.05, 0.1) is 0 Å². The molecule has 0 unspecified atom stereocenters. The molecular formula is C124H124O6. The Morgan fingerprint density at radius 2 is 0.485 bits per heavy atom. The molecule has 13 aromatic carbocycles. The van der Waals surface area contributed by atoms with E-state index in [2.05, 4.69) is 188 Å². The van der Waals surface area contributed by atoms with Crippen LogP contribution in [0.2, 0.25) is 0 Å². The summed E-state index contributed by atoms with van der Waals surface area (Å²) in [5.41, 5.74) is 33.7. The van der Waals surface area contributed by atoms with Crippen molar-refractivity contribution in [3.05, 3.63) is 333 Å². The van der Waals surface area contributed by atoms with Crippen LogP contribution in [0.15, 0.2) is 283 Å². The number of Topliss-reactive ketones (excluding diaryl/α,β-unsaturated/α-hetero) is 5. The molecule has 13 aromatic rings. The van der Waals surface area contributed by atoms with Crippen LogP contribution in [-0.2, 0) is 27.2 Å². The van der Waals surface area contributed by atoms with Crippen LogP contribution in [-0.4, -0.2) is 41.1 Å². The van der Waals surface area contributed by atoms with Crippen molar-refractivity contribution in [3.63, 3.8) is 0 Å². The van der Waals surface area contributed by atoms with Crippen LogP contribution in [0.1, 0.15) is 291 Å². The Morgan fingerprint density at radius 1 is 0.223 bits per heavy atom. The van der Waals surface area contributed by atoms with Crippen molar-refractivity contribution >= 4 is 94.3 Å². The molecule has 0 heterocycles. The van der Waals surface area contributed by atoms with Gasteiger partial charge in [-0.25, -0.2) is 0 Å². The maximum atomic E-state index is 13.3. The average molecular weight is 1710 g/mol. The van der Waals surface area contributed by atoms with Gasteiger partial charge in [-0.05, 0) is 251 Å². The van der Waals surface area contributed by atoms with Gasteiger partial charge in [0.25, 0.3) is 0 Å². The third kappa shape index (κ3) is 19.5. The lowest BCUT2D eigenvalue weighted by Gasteiger charge is -2.20. The van der Waals surface area contributed by atoms with Crippen molar-refractivity contribution < 1.29 is 29.1 Å². The molecule has 1 N–H and O–H groups in total. The number of carbonyl (C=O) groups is 5. The van der Waals surface area contributed by atoms with Crippen molar-refractivity contribution in [3.8, 4) is 68.0 Å². The minimum Gasteiger partial charge on any atom is -0.400 e. The van der Waals surface area contributed by atoms with E-state index >= 15 is 0 Å². The number of carbonyl (C=O) groups excluding carboxylic acids is 5. The largest absolute Gasteiger partial charge is 0.400 e. The van der Waals surface area contributed by atoms with Crippen LogP contribution in [0.25, 0.3) is 121 Å². The summed E-state index contributed by atoms with van der Waals surface area (Å²) < 4.78 is 0. The summed E-state index contributed by atoms with van der Waals surface area (Å²) in [5, 5.41) is 16.9. The van der Waals surface area contributed by atoms with Crippen molar-refractivity contribution in [2.75, 3.05) is 7.11 Å². The van der Waals surface area contributed by atoms with Crippen molar-refractivity contribution in [1.29, 1.82) is 0 Å². The number of aliphatic hydroxyl groups is 1. The second kappa shape index (κ2) is 43.4. The maximum Gasteiger partial charge on any atom is 0.234 e. The van der Waals surface area contributed by atoms with E-state index in [9.17, 15) is 24.0 Å². The smallest absolute Gasteiger partial charge is 0.234 e. The van der Waals surface area contributed by atoms with E-state index in [0.29, 0.717) is 28.5 Å². The predicted octanol–water partition coefficient (Wildman–Crippen LogP) is 32.6. The molecule has 6 bridgehead atoms. The third-order valence-electron chi connectivity index (χ3n) is 28.7. The zero-order valence-corrected chi connectivity index (χ0v) is 76.3. The number of hydrogen-bond donors (Lipinski definition) is 1. The molecule has 3 fully saturated rings. The topological polar surface area (TPSA) is 106 Å². The summed E-state index contributed by atoms with van der Waals surface area (Å²) in [4.78, 5) is 60.9. The SMILES string of the molecule is C#Cc1ccc(-c2ccccc2)cc1.CO.O=C1C(=O)c2cccc3cccc1c23.O=C1C2=C3C(=C1CCCCCCCCC2)c1cccc2cccc3c12.O=C1C2=C3C(=C1CCCCCCCCC2)c1cccc2cccc3c12.O=C1CCCCCCCCCCC1.c1ccc(-c2ccc(-c3cc4c5c(c3CCCCCCCCC4)-c3cccc4cccc-5c34)cc2)cc1. The molecule has 6 heteroatoms. The summed E-state index contributed by atoms with van der Waals surface area (Å²) in [5.74, 6) is 3.07. The lowest BCUT2D eigenvalue weighted by atomic mass is 9.83. The summed E-state index contributed by atoms with van der Waals surface area (Å²) in [6, 6.07) is 91.9.